The number of piperidine rings is 1. The minimum atomic E-state index is -0.0352. The molecule has 3 rings (SSSR count). The molecule has 0 aromatic heterocycles. The molecule has 1 N–H and O–H groups in total. The van der Waals surface area contributed by atoms with Gasteiger partial charge in [0.05, 0.1) is 14.2 Å². The van der Waals surface area contributed by atoms with Crippen molar-refractivity contribution in [2.24, 2.45) is 5.92 Å². The van der Waals surface area contributed by atoms with Gasteiger partial charge in [-0.2, -0.15) is 0 Å². The van der Waals surface area contributed by atoms with Crippen LogP contribution < -0.4 is 14.8 Å². The Bertz CT molecular complexity index is 873. The standard InChI is InChI=1S/C23H28N2O4/c1-16-6-4-5-7-19(16)22(26)24-15-17-10-12-25(13-11-17)23(27)18-8-9-20(28-2)21(14-18)29-3/h4-9,14,17H,10-13,15H2,1-3H3,(H,24,26). The summed E-state index contributed by atoms with van der Waals surface area (Å²) in [6.45, 7) is 3.93. The summed E-state index contributed by atoms with van der Waals surface area (Å²) in [5, 5.41) is 3.04. The Morgan fingerprint density at radius 2 is 1.72 bits per heavy atom. The van der Waals surface area contributed by atoms with Crippen LogP contribution in [0.3, 0.4) is 0 Å². The molecule has 0 unspecified atom stereocenters. The molecule has 1 saturated heterocycles. The first-order valence-electron chi connectivity index (χ1n) is 9.88. The second-order valence-corrected chi connectivity index (χ2v) is 7.33. The molecule has 6 heteroatoms. The third-order valence-corrected chi connectivity index (χ3v) is 5.47. The van der Waals surface area contributed by atoms with Gasteiger partial charge in [0, 0.05) is 30.8 Å². The van der Waals surface area contributed by atoms with E-state index in [1.54, 1.807) is 32.4 Å². The molecule has 0 radical (unpaired) electrons. The number of carbonyl (C=O) groups excluding carboxylic acids is 2. The molecule has 1 aliphatic heterocycles. The Balaban J connectivity index is 1.52. The molecule has 1 heterocycles. The predicted molar refractivity (Wildman–Crippen MR) is 112 cm³/mol. The molecule has 1 fully saturated rings. The van der Waals surface area contributed by atoms with E-state index in [2.05, 4.69) is 5.32 Å². The van der Waals surface area contributed by atoms with Crippen molar-refractivity contribution < 1.29 is 19.1 Å². The van der Waals surface area contributed by atoms with Crippen molar-refractivity contribution in [2.45, 2.75) is 19.8 Å². The highest BCUT2D eigenvalue weighted by molar-refractivity contribution is 5.96. The molecular weight excluding hydrogens is 368 g/mol. The fourth-order valence-corrected chi connectivity index (χ4v) is 3.65. The molecule has 6 nitrogen and oxygen atoms in total. The first-order valence-corrected chi connectivity index (χ1v) is 9.88. The number of hydrogen-bond acceptors (Lipinski definition) is 4. The second kappa shape index (κ2) is 9.45. The molecule has 0 atom stereocenters. The maximum atomic E-state index is 12.8. The number of carbonyl (C=O) groups is 2. The molecule has 0 saturated carbocycles. The molecular formula is C23H28N2O4. The average molecular weight is 396 g/mol. The summed E-state index contributed by atoms with van der Waals surface area (Å²) >= 11 is 0. The molecule has 2 aromatic rings. The highest BCUT2D eigenvalue weighted by atomic mass is 16.5. The largest absolute Gasteiger partial charge is 0.493 e. The summed E-state index contributed by atoms with van der Waals surface area (Å²) in [6, 6.07) is 12.8. The zero-order chi connectivity index (χ0) is 20.8. The smallest absolute Gasteiger partial charge is 0.253 e. The van der Waals surface area contributed by atoms with E-state index >= 15 is 0 Å². The quantitative estimate of drug-likeness (QED) is 0.814. The van der Waals surface area contributed by atoms with Crippen molar-refractivity contribution >= 4 is 11.8 Å². The van der Waals surface area contributed by atoms with Gasteiger partial charge in [0.25, 0.3) is 11.8 Å². The molecule has 0 spiro atoms. The van der Waals surface area contributed by atoms with Gasteiger partial charge in [0.1, 0.15) is 0 Å². The number of nitrogens with one attached hydrogen (secondary N) is 1. The Labute approximate surface area is 171 Å². The monoisotopic (exact) mass is 396 g/mol. The van der Waals surface area contributed by atoms with E-state index in [1.165, 1.54) is 0 Å². The van der Waals surface area contributed by atoms with Crippen LogP contribution in [-0.4, -0.2) is 50.6 Å². The zero-order valence-electron chi connectivity index (χ0n) is 17.2. The van der Waals surface area contributed by atoms with Crippen LogP contribution in [0.1, 0.15) is 39.1 Å². The first-order chi connectivity index (χ1) is 14.0. The lowest BCUT2D eigenvalue weighted by atomic mass is 9.96. The van der Waals surface area contributed by atoms with Gasteiger partial charge in [0.15, 0.2) is 11.5 Å². The van der Waals surface area contributed by atoms with Crippen molar-refractivity contribution in [3.8, 4) is 11.5 Å². The first kappa shape index (κ1) is 20.7. The van der Waals surface area contributed by atoms with E-state index in [0.29, 0.717) is 48.2 Å². The number of likely N-dealkylation sites (tertiary alicyclic amines) is 1. The summed E-state index contributed by atoms with van der Waals surface area (Å²) in [7, 11) is 3.13. The predicted octanol–water partition coefficient (Wildman–Crippen LogP) is 3.29. The van der Waals surface area contributed by atoms with Crippen molar-refractivity contribution in [3.05, 3.63) is 59.2 Å². The number of hydrogen-bond donors (Lipinski definition) is 1. The summed E-state index contributed by atoms with van der Waals surface area (Å²) in [4.78, 5) is 27.1. The number of nitrogens with zero attached hydrogens (tertiary/aromatic N) is 1. The van der Waals surface area contributed by atoms with Crippen LogP contribution in [0.5, 0.6) is 11.5 Å². The Kier molecular flexibility index (Phi) is 6.75. The minimum absolute atomic E-state index is 0.00616. The van der Waals surface area contributed by atoms with Gasteiger partial charge in [-0.1, -0.05) is 18.2 Å². The normalized spacial score (nSPS) is 14.4. The van der Waals surface area contributed by atoms with Crippen LogP contribution in [0.25, 0.3) is 0 Å². The van der Waals surface area contributed by atoms with Gasteiger partial charge < -0.3 is 19.7 Å². The van der Waals surface area contributed by atoms with Crippen LogP contribution in [0, 0.1) is 12.8 Å². The number of benzene rings is 2. The molecule has 1 aliphatic rings. The third-order valence-electron chi connectivity index (χ3n) is 5.47. The molecule has 0 aliphatic carbocycles. The van der Waals surface area contributed by atoms with Gasteiger partial charge in [0.2, 0.25) is 0 Å². The van der Waals surface area contributed by atoms with Crippen molar-refractivity contribution in [1.29, 1.82) is 0 Å². The second-order valence-electron chi connectivity index (χ2n) is 7.33. The van der Waals surface area contributed by atoms with Crippen LogP contribution >= 0.6 is 0 Å². The van der Waals surface area contributed by atoms with E-state index in [9.17, 15) is 9.59 Å². The Morgan fingerprint density at radius 1 is 1.03 bits per heavy atom. The Hall–Kier alpha value is -3.02. The fourth-order valence-electron chi connectivity index (χ4n) is 3.65. The van der Waals surface area contributed by atoms with E-state index in [4.69, 9.17) is 9.47 Å². The van der Waals surface area contributed by atoms with Gasteiger partial charge in [-0.3, -0.25) is 9.59 Å². The molecule has 154 valence electrons. The van der Waals surface area contributed by atoms with E-state index < -0.39 is 0 Å². The summed E-state index contributed by atoms with van der Waals surface area (Å²) in [5.74, 6) is 1.48. The highest BCUT2D eigenvalue weighted by Crippen LogP contribution is 2.28. The van der Waals surface area contributed by atoms with E-state index in [1.807, 2.05) is 36.1 Å². The SMILES string of the molecule is COc1ccc(C(=O)N2CCC(CNC(=O)c3ccccc3C)CC2)cc1OC. The summed E-state index contributed by atoms with van der Waals surface area (Å²) < 4.78 is 10.5. The van der Waals surface area contributed by atoms with Gasteiger partial charge in [-0.15, -0.1) is 0 Å². The number of rotatable bonds is 6. The number of methoxy groups -OCH3 is 2. The van der Waals surface area contributed by atoms with Crippen LogP contribution in [0.15, 0.2) is 42.5 Å². The molecule has 2 aromatic carbocycles. The maximum absolute atomic E-state index is 12.8. The number of aryl methyl sites for hydroxylation is 1. The topological polar surface area (TPSA) is 67.9 Å². The van der Waals surface area contributed by atoms with Gasteiger partial charge in [-0.05, 0) is 55.5 Å². The summed E-state index contributed by atoms with van der Waals surface area (Å²) in [5.41, 5.74) is 2.28. The zero-order valence-corrected chi connectivity index (χ0v) is 17.2. The van der Waals surface area contributed by atoms with Crippen molar-refractivity contribution in [2.75, 3.05) is 33.9 Å². The lowest BCUT2D eigenvalue weighted by Gasteiger charge is -2.32. The maximum Gasteiger partial charge on any atom is 0.253 e. The van der Waals surface area contributed by atoms with Crippen molar-refractivity contribution in [3.63, 3.8) is 0 Å². The van der Waals surface area contributed by atoms with Gasteiger partial charge >= 0.3 is 0 Å². The third kappa shape index (κ3) is 4.88. The lowest BCUT2D eigenvalue weighted by molar-refractivity contribution is 0.0684. The molecule has 2 amide bonds. The van der Waals surface area contributed by atoms with Crippen LogP contribution in [-0.2, 0) is 0 Å². The summed E-state index contributed by atoms with van der Waals surface area (Å²) in [6.07, 6.45) is 1.74. The molecule has 0 bridgehead atoms. The van der Waals surface area contributed by atoms with Crippen molar-refractivity contribution in [1.82, 2.24) is 10.2 Å². The lowest BCUT2D eigenvalue weighted by Crippen LogP contribution is -2.41. The number of ether oxygens (including phenoxy) is 2. The van der Waals surface area contributed by atoms with E-state index in [-0.39, 0.29) is 11.8 Å². The average Bonchev–Trinajstić information content (AvgIpc) is 2.77. The molecule has 29 heavy (non-hydrogen) atoms. The highest BCUT2D eigenvalue weighted by Gasteiger charge is 2.25. The van der Waals surface area contributed by atoms with Gasteiger partial charge in [-0.25, -0.2) is 0 Å². The van der Waals surface area contributed by atoms with E-state index in [0.717, 1.165) is 18.4 Å². The number of amides is 2. The minimum Gasteiger partial charge on any atom is -0.493 e. The Morgan fingerprint density at radius 3 is 2.38 bits per heavy atom. The van der Waals surface area contributed by atoms with Crippen LogP contribution in [0.4, 0.5) is 0 Å². The van der Waals surface area contributed by atoms with Crippen LogP contribution in [0.2, 0.25) is 0 Å². The fraction of sp³-hybridized carbons (Fsp3) is 0.391.